The summed E-state index contributed by atoms with van der Waals surface area (Å²) in [6, 6.07) is 9.65. The summed E-state index contributed by atoms with van der Waals surface area (Å²) in [7, 11) is 0. The number of nitrogens with zero attached hydrogens (tertiary/aromatic N) is 7. The molecule has 2 saturated heterocycles. The molecule has 0 N–H and O–H groups in total. The van der Waals surface area contributed by atoms with Crippen LogP contribution in [0.2, 0.25) is 0 Å². The first-order valence-electron chi connectivity index (χ1n) is 11.2. The summed E-state index contributed by atoms with van der Waals surface area (Å²) in [6.07, 6.45) is 1.78. The summed E-state index contributed by atoms with van der Waals surface area (Å²) >= 11 is 0. The Hall–Kier alpha value is -3.37. The average Bonchev–Trinajstić information content (AvgIpc) is 3.36. The quantitative estimate of drug-likeness (QED) is 0.574. The van der Waals surface area contributed by atoms with Crippen LogP contribution in [0.5, 0.6) is 0 Å². The molecule has 0 unspecified atom stereocenters. The number of carbonyl (C=O) groups is 1. The van der Waals surface area contributed by atoms with Gasteiger partial charge < -0.3 is 19.0 Å². The first-order chi connectivity index (χ1) is 16.2. The summed E-state index contributed by atoms with van der Waals surface area (Å²) in [5.41, 5.74) is 2.18. The number of benzene rings is 1. The number of rotatable bonds is 5. The molecule has 33 heavy (non-hydrogen) atoms. The Balaban J connectivity index is 0.00000274. The van der Waals surface area contributed by atoms with Crippen molar-refractivity contribution in [3.63, 3.8) is 0 Å². The number of ether oxygens (including phenoxy) is 1. The molecular weight excluding hydrogens is 422 g/mol. The number of amides is 1. The Morgan fingerprint density at radius 1 is 1.00 bits per heavy atom. The van der Waals surface area contributed by atoms with Gasteiger partial charge in [0.25, 0.3) is 5.89 Å². The van der Waals surface area contributed by atoms with E-state index in [-0.39, 0.29) is 7.33 Å². The van der Waals surface area contributed by atoms with E-state index in [1.165, 1.54) is 0 Å². The molecule has 5 rings (SSSR count). The van der Waals surface area contributed by atoms with Crippen molar-refractivity contribution in [2.24, 2.45) is 0 Å². The Morgan fingerprint density at radius 3 is 2.48 bits per heavy atom. The van der Waals surface area contributed by atoms with Gasteiger partial charge in [-0.15, -0.1) is 10.2 Å². The molecule has 10 heteroatoms. The van der Waals surface area contributed by atoms with Crippen molar-refractivity contribution in [1.29, 1.82) is 0 Å². The van der Waals surface area contributed by atoms with E-state index in [0.29, 0.717) is 50.3 Å². The van der Waals surface area contributed by atoms with Gasteiger partial charge in [-0.25, -0.2) is 4.98 Å². The molecule has 2 aromatic heterocycles. The van der Waals surface area contributed by atoms with Crippen LogP contribution in [0.4, 0.5) is 5.82 Å². The summed E-state index contributed by atoms with van der Waals surface area (Å²) in [5.74, 6) is 1.76. The third-order valence-corrected chi connectivity index (χ3v) is 6.01. The molecule has 0 atom stereocenters. The first-order valence-corrected chi connectivity index (χ1v) is 11.2. The number of hydrogen-bond acceptors (Lipinski definition) is 9. The molecule has 174 valence electrons. The van der Waals surface area contributed by atoms with Crippen molar-refractivity contribution >= 4 is 11.7 Å². The van der Waals surface area contributed by atoms with E-state index in [0.717, 1.165) is 43.3 Å². The number of hydrogen-bond donors (Lipinski definition) is 0. The zero-order valence-corrected chi connectivity index (χ0v) is 18.7. The Morgan fingerprint density at radius 2 is 1.73 bits per heavy atom. The Labute approximate surface area is 193 Å². The van der Waals surface area contributed by atoms with E-state index in [1.807, 2.05) is 42.2 Å². The van der Waals surface area contributed by atoms with Crippen molar-refractivity contribution in [3.05, 3.63) is 42.2 Å². The fourth-order valence-electron chi connectivity index (χ4n) is 4.05. The van der Waals surface area contributed by atoms with Gasteiger partial charge in [0.2, 0.25) is 11.8 Å². The second kappa shape index (κ2) is 9.63. The third-order valence-electron chi connectivity index (χ3n) is 6.01. The summed E-state index contributed by atoms with van der Waals surface area (Å²) in [5, 5.41) is 8.38. The van der Waals surface area contributed by atoms with Crippen molar-refractivity contribution < 1.29 is 15.4 Å². The Bertz CT molecular complexity index is 1100. The largest absolute Gasteiger partial charge is 0.415 e. The minimum atomic E-state index is 0. The summed E-state index contributed by atoms with van der Waals surface area (Å²) in [4.78, 5) is 28.1. The summed E-state index contributed by atoms with van der Waals surface area (Å²) < 4.78 is 11.2. The predicted octanol–water partition coefficient (Wildman–Crippen LogP) is 1.73. The fraction of sp³-hybridized carbons (Fsp3) is 0.435. The van der Waals surface area contributed by atoms with E-state index in [2.05, 4.69) is 25.0 Å². The number of piperazine rings is 1. The second-order valence-corrected chi connectivity index (χ2v) is 8.20. The minimum Gasteiger partial charge on any atom is -0.415 e. The molecule has 0 spiro atoms. The van der Waals surface area contributed by atoms with Gasteiger partial charge in [0, 0.05) is 46.3 Å². The van der Waals surface area contributed by atoms with Gasteiger partial charge in [0.15, 0.2) is 5.69 Å². The van der Waals surface area contributed by atoms with Crippen LogP contribution in [0.3, 0.4) is 0 Å². The average molecular weight is 452 g/mol. The molecule has 0 aliphatic carbocycles. The number of aryl methyl sites for hydroxylation is 1. The number of anilines is 1. The lowest BCUT2D eigenvalue weighted by Crippen LogP contribution is -2.51. The van der Waals surface area contributed by atoms with Crippen molar-refractivity contribution in [2.45, 2.75) is 6.92 Å². The maximum absolute atomic E-state index is 12.5. The number of aromatic nitrogens is 4. The van der Waals surface area contributed by atoms with Crippen LogP contribution < -0.4 is 4.90 Å². The normalized spacial score (nSPS) is 17.4. The van der Waals surface area contributed by atoms with E-state index in [9.17, 15) is 4.79 Å². The molecule has 2 fully saturated rings. The smallest absolute Gasteiger partial charge is 0.268 e. The molecular formula is C23H29N7O3. The molecule has 0 radical (unpaired) electrons. The van der Waals surface area contributed by atoms with Crippen molar-refractivity contribution in [1.82, 2.24) is 30.0 Å². The standard InChI is InChI=1S/C23H27N7O3.H2/c1-17-21(23-27-26-22(33-23)18-5-3-2-4-6-18)25-19(15-24-17)29-9-7-28(8-10-29)16-20(31)30-11-13-32-14-12-30;/h2-6,15H,7-14,16H2,1H3;1H. The van der Waals surface area contributed by atoms with Gasteiger partial charge in [-0.05, 0) is 19.1 Å². The topological polar surface area (TPSA) is 101 Å². The molecule has 0 saturated carbocycles. The lowest BCUT2D eigenvalue weighted by molar-refractivity contribution is -0.136. The van der Waals surface area contributed by atoms with Crippen LogP contribution in [-0.4, -0.2) is 94.9 Å². The van der Waals surface area contributed by atoms with Gasteiger partial charge in [-0.1, -0.05) is 18.2 Å². The minimum absolute atomic E-state index is 0. The van der Waals surface area contributed by atoms with Gasteiger partial charge in [-0.2, -0.15) is 0 Å². The SMILES string of the molecule is Cc1ncc(N2CCN(CC(=O)N3CCOCC3)CC2)nc1-c1nnc(-c2ccccc2)o1.[HH]. The van der Waals surface area contributed by atoms with E-state index >= 15 is 0 Å². The van der Waals surface area contributed by atoms with Gasteiger partial charge >= 0.3 is 0 Å². The lowest BCUT2D eigenvalue weighted by atomic mass is 10.2. The Kier molecular flexibility index (Phi) is 6.27. The fourth-order valence-corrected chi connectivity index (χ4v) is 4.05. The molecule has 10 nitrogen and oxygen atoms in total. The van der Waals surface area contributed by atoms with E-state index < -0.39 is 0 Å². The van der Waals surface area contributed by atoms with Crippen LogP contribution in [0, 0.1) is 6.92 Å². The van der Waals surface area contributed by atoms with Crippen LogP contribution >= 0.6 is 0 Å². The highest BCUT2D eigenvalue weighted by Crippen LogP contribution is 2.26. The maximum Gasteiger partial charge on any atom is 0.268 e. The molecule has 4 heterocycles. The zero-order valence-electron chi connectivity index (χ0n) is 18.7. The van der Waals surface area contributed by atoms with Gasteiger partial charge in [0.1, 0.15) is 5.82 Å². The third kappa shape index (κ3) is 4.86. The van der Waals surface area contributed by atoms with Crippen LogP contribution in [0.25, 0.3) is 23.0 Å². The molecule has 0 bridgehead atoms. The molecule has 3 aromatic rings. The second-order valence-electron chi connectivity index (χ2n) is 8.20. The van der Waals surface area contributed by atoms with Gasteiger partial charge in [0.05, 0.1) is 31.6 Å². The zero-order chi connectivity index (χ0) is 22.6. The highest BCUT2D eigenvalue weighted by Gasteiger charge is 2.24. The molecule has 1 amide bonds. The van der Waals surface area contributed by atoms with Crippen LogP contribution in [-0.2, 0) is 9.53 Å². The highest BCUT2D eigenvalue weighted by atomic mass is 16.5. The lowest BCUT2D eigenvalue weighted by Gasteiger charge is -2.36. The number of morpholine rings is 1. The molecule has 2 aliphatic rings. The monoisotopic (exact) mass is 451 g/mol. The maximum atomic E-state index is 12.5. The number of carbonyl (C=O) groups excluding carboxylic acids is 1. The van der Waals surface area contributed by atoms with E-state index in [1.54, 1.807) is 6.20 Å². The molecule has 2 aliphatic heterocycles. The summed E-state index contributed by atoms with van der Waals surface area (Å²) in [6.45, 7) is 8.07. The van der Waals surface area contributed by atoms with Crippen molar-refractivity contribution in [2.75, 3.05) is 63.9 Å². The van der Waals surface area contributed by atoms with E-state index in [4.69, 9.17) is 14.1 Å². The van der Waals surface area contributed by atoms with Crippen molar-refractivity contribution in [3.8, 4) is 23.0 Å². The first kappa shape index (κ1) is 21.5. The predicted molar refractivity (Wildman–Crippen MR) is 124 cm³/mol. The highest BCUT2D eigenvalue weighted by molar-refractivity contribution is 5.78. The van der Waals surface area contributed by atoms with Crippen LogP contribution in [0.15, 0.2) is 40.9 Å². The molecule has 1 aromatic carbocycles. The van der Waals surface area contributed by atoms with Gasteiger partial charge in [-0.3, -0.25) is 14.7 Å². The van der Waals surface area contributed by atoms with Crippen LogP contribution in [0.1, 0.15) is 7.12 Å².